The average molecular weight is 314 g/mol. The van der Waals surface area contributed by atoms with E-state index in [1.54, 1.807) is 12.3 Å². The molecule has 112 valence electrons. The van der Waals surface area contributed by atoms with Crippen molar-refractivity contribution < 1.29 is 9.47 Å². The molecule has 0 fully saturated rings. The van der Waals surface area contributed by atoms with E-state index in [4.69, 9.17) is 27.5 Å². The Morgan fingerprint density at radius 3 is 2.68 bits per heavy atom. The summed E-state index contributed by atoms with van der Waals surface area (Å²) in [4.78, 5) is 4.40. The van der Waals surface area contributed by atoms with Crippen LogP contribution in [-0.2, 0) is 0 Å². The van der Waals surface area contributed by atoms with Gasteiger partial charge in [-0.05, 0) is 36.8 Å². The number of benzene rings is 2. The van der Waals surface area contributed by atoms with Gasteiger partial charge >= 0.3 is 0 Å². The highest BCUT2D eigenvalue weighted by atomic mass is 35.5. The lowest BCUT2D eigenvalue weighted by Crippen LogP contribution is -2.01. The minimum atomic E-state index is 0.136. The molecule has 4 heteroatoms. The number of ether oxygens (including phenoxy) is 2. The Balaban J connectivity index is 2.29. The molecule has 0 aliphatic carbocycles. The van der Waals surface area contributed by atoms with Gasteiger partial charge in [0.2, 0.25) is 0 Å². The fraction of sp³-hybridized carbons (Fsp3) is 0.167. The van der Waals surface area contributed by atoms with Crippen molar-refractivity contribution >= 4 is 23.5 Å². The molecule has 0 radical (unpaired) electrons. The quantitative estimate of drug-likeness (QED) is 0.580. The van der Waals surface area contributed by atoms with Gasteiger partial charge in [0.15, 0.2) is 11.5 Å². The van der Waals surface area contributed by atoms with Gasteiger partial charge in [-0.2, -0.15) is 0 Å². The first-order valence-corrected chi connectivity index (χ1v) is 7.24. The highest BCUT2D eigenvalue weighted by Crippen LogP contribution is 2.36. The monoisotopic (exact) mass is 313 g/mol. The molecule has 2 aromatic rings. The molecule has 0 aromatic heterocycles. The van der Waals surface area contributed by atoms with E-state index in [1.165, 1.54) is 0 Å². The summed E-state index contributed by atoms with van der Waals surface area (Å²) in [6, 6.07) is 13.2. The number of hydrogen-bond acceptors (Lipinski definition) is 3. The lowest BCUT2D eigenvalue weighted by atomic mass is 10.2. The average Bonchev–Trinajstić information content (AvgIpc) is 2.53. The number of aliphatic imine (C=N–C) groups is 1. The second-order valence-corrected chi connectivity index (χ2v) is 4.76. The predicted octanol–water partition coefficient (Wildman–Crippen LogP) is 4.50. The molecular weight excluding hydrogens is 298 g/mol. The van der Waals surface area contributed by atoms with E-state index in [9.17, 15) is 0 Å². The Morgan fingerprint density at radius 1 is 1.23 bits per heavy atom. The van der Waals surface area contributed by atoms with Crippen molar-refractivity contribution in [2.24, 2.45) is 4.99 Å². The van der Waals surface area contributed by atoms with Crippen LogP contribution in [-0.4, -0.2) is 19.4 Å². The third-order valence-corrected chi connectivity index (χ3v) is 3.03. The highest BCUT2D eigenvalue weighted by Gasteiger charge is 2.11. The van der Waals surface area contributed by atoms with Crippen molar-refractivity contribution in [3.8, 4) is 23.8 Å². The van der Waals surface area contributed by atoms with Crippen LogP contribution >= 0.6 is 11.6 Å². The van der Waals surface area contributed by atoms with E-state index < -0.39 is 0 Å². The zero-order valence-corrected chi connectivity index (χ0v) is 13.0. The molecule has 3 nitrogen and oxygen atoms in total. The standard InChI is InChI=1S/C18H16ClNO2/c1-3-10-22-18-16(19)11-14(12-17(18)21-4-2)13-20-15-8-6-5-7-9-15/h1,5-9,11-13H,4,10H2,2H3. The third kappa shape index (κ3) is 4.28. The lowest BCUT2D eigenvalue weighted by Gasteiger charge is -2.12. The van der Waals surface area contributed by atoms with E-state index in [2.05, 4.69) is 10.9 Å². The van der Waals surface area contributed by atoms with Crippen molar-refractivity contribution in [2.45, 2.75) is 6.92 Å². The molecule has 2 rings (SSSR count). The number of halogens is 1. The van der Waals surface area contributed by atoms with Gasteiger partial charge in [0, 0.05) is 6.21 Å². The van der Waals surface area contributed by atoms with E-state index in [-0.39, 0.29) is 6.61 Å². The Hall–Kier alpha value is -2.44. The first-order valence-electron chi connectivity index (χ1n) is 6.86. The fourth-order valence-electron chi connectivity index (χ4n) is 1.84. The fourth-order valence-corrected chi connectivity index (χ4v) is 2.12. The zero-order chi connectivity index (χ0) is 15.8. The molecule has 2 aromatic carbocycles. The van der Waals surface area contributed by atoms with Crippen molar-refractivity contribution in [2.75, 3.05) is 13.2 Å². The van der Waals surface area contributed by atoms with Crippen LogP contribution in [0.3, 0.4) is 0 Å². The molecule has 22 heavy (non-hydrogen) atoms. The Labute approximate surface area is 135 Å². The van der Waals surface area contributed by atoms with Gasteiger partial charge in [0.05, 0.1) is 17.3 Å². The van der Waals surface area contributed by atoms with Crippen LogP contribution < -0.4 is 9.47 Å². The molecule has 0 N–H and O–H groups in total. The van der Waals surface area contributed by atoms with Gasteiger partial charge in [-0.1, -0.05) is 35.7 Å². The van der Waals surface area contributed by atoms with Gasteiger partial charge in [-0.3, -0.25) is 4.99 Å². The summed E-state index contributed by atoms with van der Waals surface area (Å²) in [6.45, 7) is 2.53. The Kier molecular flexibility index (Phi) is 5.88. The lowest BCUT2D eigenvalue weighted by molar-refractivity contribution is 0.299. The maximum Gasteiger partial charge on any atom is 0.181 e. The van der Waals surface area contributed by atoms with Crippen LogP contribution in [0.2, 0.25) is 5.02 Å². The van der Waals surface area contributed by atoms with Gasteiger partial charge in [-0.15, -0.1) is 6.42 Å². The first kappa shape index (κ1) is 15.9. The second kappa shape index (κ2) is 8.11. The summed E-state index contributed by atoms with van der Waals surface area (Å²) in [5, 5.41) is 0.440. The summed E-state index contributed by atoms with van der Waals surface area (Å²) in [6.07, 6.45) is 6.94. The largest absolute Gasteiger partial charge is 0.490 e. The molecule has 0 saturated carbocycles. The van der Waals surface area contributed by atoms with E-state index >= 15 is 0 Å². The predicted molar refractivity (Wildman–Crippen MR) is 90.6 cm³/mol. The van der Waals surface area contributed by atoms with Crippen molar-refractivity contribution in [3.05, 3.63) is 53.1 Å². The van der Waals surface area contributed by atoms with Crippen molar-refractivity contribution in [1.29, 1.82) is 0 Å². The number of hydrogen-bond donors (Lipinski definition) is 0. The van der Waals surface area contributed by atoms with E-state index in [0.717, 1.165) is 11.3 Å². The summed E-state index contributed by atoms with van der Waals surface area (Å²) in [5.41, 5.74) is 1.69. The summed E-state index contributed by atoms with van der Waals surface area (Å²) < 4.78 is 11.0. The summed E-state index contributed by atoms with van der Waals surface area (Å²) >= 11 is 6.25. The Morgan fingerprint density at radius 2 is 2.00 bits per heavy atom. The van der Waals surface area contributed by atoms with Gasteiger partial charge in [0.1, 0.15) is 6.61 Å². The number of nitrogens with zero attached hydrogens (tertiary/aromatic N) is 1. The van der Waals surface area contributed by atoms with Crippen molar-refractivity contribution in [3.63, 3.8) is 0 Å². The highest BCUT2D eigenvalue weighted by molar-refractivity contribution is 6.32. The minimum absolute atomic E-state index is 0.136. The number of terminal acetylenes is 1. The molecule has 0 atom stereocenters. The molecule has 0 bridgehead atoms. The molecule has 0 unspecified atom stereocenters. The van der Waals surface area contributed by atoms with Crippen LogP contribution in [0.4, 0.5) is 5.69 Å². The molecule has 0 aliphatic rings. The van der Waals surface area contributed by atoms with Crippen LogP contribution in [0.5, 0.6) is 11.5 Å². The normalized spacial score (nSPS) is 10.4. The van der Waals surface area contributed by atoms with Crippen LogP contribution in [0.15, 0.2) is 47.5 Å². The molecular formula is C18H16ClNO2. The molecule has 0 aliphatic heterocycles. The summed E-state index contributed by atoms with van der Waals surface area (Å²) in [5.74, 6) is 3.42. The molecule has 0 saturated heterocycles. The Bertz CT molecular complexity index is 690. The maximum absolute atomic E-state index is 6.25. The molecule has 0 heterocycles. The third-order valence-electron chi connectivity index (χ3n) is 2.75. The minimum Gasteiger partial charge on any atom is -0.490 e. The number of rotatable bonds is 6. The van der Waals surface area contributed by atoms with E-state index in [0.29, 0.717) is 23.1 Å². The van der Waals surface area contributed by atoms with Gasteiger partial charge in [-0.25, -0.2) is 0 Å². The van der Waals surface area contributed by atoms with E-state index in [1.807, 2.05) is 43.3 Å². The van der Waals surface area contributed by atoms with Gasteiger partial charge in [0.25, 0.3) is 0 Å². The first-order chi connectivity index (χ1) is 10.7. The molecule has 0 amide bonds. The summed E-state index contributed by atoms with van der Waals surface area (Å²) in [7, 11) is 0. The SMILES string of the molecule is C#CCOc1c(Cl)cc(C=Nc2ccccc2)cc1OCC. The second-order valence-electron chi connectivity index (χ2n) is 4.35. The molecule has 0 spiro atoms. The van der Waals surface area contributed by atoms with Crippen LogP contribution in [0, 0.1) is 12.3 Å². The van der Waals surface area contributed by atoms with Crippen molar-refractivity contribution in [1.82, 2.24) is 0 Å². The smallest absolute Gasteiger partial charge is 0.181 e. The maximum atomic E-state index is 6.25. The van der Waals surface area contributed by atoms with Crippen LogP contribution in [0.25, 0.3) is 0 Å². The van der Waals surface area contributed by atoms with Gasteiger partial charge < -0.3 is 9.47 Å². The topological polar surface area (TPSA) is 30.8 Å². The van der Waals surface area contributed by atoms with Crippen LogP contribution in [0.1, 0.15) is 12.5 Å². The number of para-hydroxylation sites is 1. The zero-order valence-electron chi connectivity index (χ0n) is 12.3.